The molecule has 1 heterocycles. The van der Waals surface area contributed by atoms with E-state index in [0.29, 0.717) is 12.4 Å². The molecule has 1 aromatic carbocycles. The monoisotopic (exact) mass is 302 g/mol. The highest BCUT2D eigenvalue weighted by molar-refractivity contribution is 5.88. The molecule has 2 rings (SSSR count). The molecule has 0 spiro atoms. The molecule has 0 unspecified atom stereocenters. The van der Waals surface area contributed by atoms with Crippen molar-refractivity contribution in [2.24, 2.45) is 0 Å². The van der Waals surface area contributed by atoms with Gasteiger partial charge in [0, 0.05) is 25.2 Å². The van der Waals surface area contributed by atoms with E-state index in [0.717, 1.165) is 5.56 Å². The molecule has 0 saturated heterocycles. The molecule has 6 heteroatoms. The van der Waals surface area contributed by atoms with Gasteiger partial charge in [-0.25, -0.2) is 9.48 Å². The molecule has 0 aliphatic carbocycles. The zero-order chi connectivity index (χ0) is 15.9. The standard InChI is InChI=1S/C16H22N4O2/c1-13(2)20-15(8-9-17-20)18-16(22)19(10-11-21)12-14-6-4-3-5-7-14/h3-9,13,21H,10-12H2,1-2H3,(H,18,22). The molecular weight excluding hydrogens is 280 g/mol. The second-order valence-electron chi connectivity index (χ2n) is 5.32. The highest BCUT2D eigenvalue weighted by Gasteiger charge is 2.16. The van der Waals surface area contributed by atoms with Gasteiger partial charge >= 0.3 is 6.03 Å². The Morgan fingerprint density at radius 1 is 1.32 bits per heavy atom. The molecule has 1 aromatic heterocycles. The summed E-state index contributed by atoms with van der Waals surface area (Å²) in [6, 6.07) is 11.4. The second-order valence-corrected chi connectivity index (χ2v) is 5.32. The number of amides is 2. The number of nitrogens with one attached hydrogen (secondary N) is 1. The number of benzene rings is 1. The van der Waals surface area contributed by atoms with Crippen LogP contribution in [0.2, 0.25) is 0 Å². The third-order valence-corrected chi connectivity index (χ3v) is 3.27. The van der Waals surface area contributed by atoms with E-state index < -0.39 is 0 Å². The van der Waals surface area contributed by atoms with E-state index in [1.54, 1.807) is 21.8 Å². The van der Waals surface area contributed by atoms with Gasteiger partial charge in [-0.05, 0) is 19.4 Å². The predicted octanol–water partition coefficient (Wildman–Crippen LogP) is 2.49. The summed E-state index contributed by atoms with van der Waals surface area (Å²) in [6.45, 7) is 4.64. The first-order valence-corrected chi connectivity index (χ1v) is 7.36. The summed E-state index contributed by atoms with van der Waals surface area (Å²) in [5.74, 6) is 0.649. The summed E-state index contributed by atoms with van der Waals surface area (Å²) in [5, 5.41) is 16.2. The molecule has 2 amide bonds. The molecule has 0 radical (unpaired) electrons. The van der Waals surface area contributed by atoms with Gasteiger partial charge in [-0.3, -0.25) is 5.32 Å². The lowest BCUT2D eigenvalue weighted by atomic mass is 10.2. The van der Waals surface area contributed by atoms with Crippen molar-refractivity contribution >= 4 is 11.8 Å². The lowest BCUT2D eigenvalue weighted by Gasteiger charge is -2.23. The van der Waals surface area contributed by atoms with Gasteiger partial charge in [0.2, 0.25) is 0 Å². The number of rotatable bonds is 6. The summed E-state index contributed by atoms with van der Waals surface area (Å²) in [7, 11) is 0. The van der Waals surface area contributed by atoms with Crippen LogP contribution in [0.5, 0.6) is 0 Å². The Kier molecular flexibility index (Phi) is 5.55. The highest BCUT2D eigenvalue weighted by atomic mass is 16.3. The Morgan fingerprint density at radius 3 is 2.68 bits per heavy atom. The van der Waals surface area contributed by atoms with Crippen molar-refractivity contribution in [1.29, 1.82) is 0 Å². The smallest absolute Gasteiger partial charge is 0.323 e. The lowest BCUT2D eigenvalue weighted by molar-refractivity contribution is 0.185. The number of hydrogen-bond donors (Lipinski definition) is 2. The third-order valence-electron chi connectivity index (χ3n) is 3.27. The molecule has 0 fully saturated rings. The Hall–Kier alpha value is -2.34. The molecular formula is C16H22N4O2. The highest BCUT2D eigenvalue weighted by Crippen LogP contribution is 2.14. The minimum atomic E-state index is -0.250. The van der Waals surface area contributed by atoms with Gasteiger partial charge in [-0.15, -0.1) is 0 Å². The van der Waals surface area contributed by atoms with Crippen LogP contribution >= 0.6 is 0 Å². The van der Waals surface area contributed by atoms with E-state index >= 15 is 0 Å². The molecule has 2 aromatic rings. The molecule has 22 heavy (non-hydrogen) atoms. The number of hydrogen-bond acceptors (Lipinski definition) is 3. The molecule has 0 aliphatic rings. The summed E-state index contributed by atoms with van der Waals surface area (Å²) in [5.41, 5.74) is 1.02. The molecule has 2 N–H and O–H groups in total. The molecule has 0 saturated carbocycles. The summed E-state index contributed by atoms with van der Waals surface area (Å²) >= 11 is 0. The minimum absolute atomic E-state index is 0.0797. The summed E-state index contributed by atoms with van der Waals surface area (Å²) in [6.07, 6.45) is 1.66. The quantitative estimate of drug-likeness (QED) is 0.861. The van der Waals surface area contributed by atoms with Crippen molar-refractivity contribution in [2.75, 3.05) is 18.5 Å². The van der Waals surface area contributed by atoms with Gasteiger partial charge in [0.15, 0.2) is 0 Å². The molecule has 6 nitrogen and oxygen atoms in total. The number of carbonyl (C=O) groups excluding carboxylic acids is 1. The summed E-state index contributed by atoms with van der Waals surface area (Å²) < 4.78 is 1.75. The Morgan fingerprint density at radius 2 is 2.05 bits per heavy atom. The average Bonchev–Trinajstić information content (AvgIpc) is 2.96. The van der Waals surface area contributed by atoms with Gasteiger partial charge in [0.1, 0.15) is 5.82 Å². The van der Waals surface area contributed by atoms with Crippen LogP contribution in [-0.4, -0.2) is 39.0 Å². The maximum Gasteiger partial charge on any atom is 0.323 e. The Balaban J connectivity index is 2.07. The zero-order valence-electron chi connectivity index (χ0n) is 12.9. The Labute approximate surface area is 130 Å². The van der Waals surface area contributed by atoms with Crippen LogP contribution in [0.4, 0.5) is 10.6 Å². The second kappa shape index (κ2) is 7.61. The predicted molar refractivity (Wildman–Crippen MR) is 85.6 cm³/mol. The van der Waals surface area contributed by atoms with Crippen LogP contribution in [-0.2, 0) is 6.54 Å². The van der Waals surface area contributed by atoms with Crippen LogP contribution in [0.25, 0.3) is 0 Å². The van der Waals surface area contributed by atoms with Gasteiger partial charge in [0.25, 0.3) is 0 Å². The SMILES string of the molecule is CC(C)n1nccc1NC(=O)N(CCO)Cc1ccccc1. The van der Waals surface area contributed by atoms with Crippen LogP contribution in [0, 0.1) is 0 Å². The number of urea groups is 1. The van der Waals surface area contributed by atoms with Crippen molar-refractivity contribution in [3.8, 4) is 0 Å². The van der Waals surface area contributed by atoms with E-state index in [2.05, 4.69) is 10.4 Å². The molecule has 118 valence electrons. The van der Waals surface area contributed by atoms with E-state index in [4.69, 9.17) is 0 Å². The zero-order valence-corrected chi connectivity index (χ0v) is 12.9. The number of carbonyl (C=O) groups is 1. The first-order chi connectivity index (χ1) is 10.6. The molecule has 0 bridgehead atoms. The number of aliphatic hydroxyl groups is 1. The number of nitrogens with zero attached hydrogens (tertiary/aromatic N) is 3. The Bertz CT molecular complexity index is 595. The van der Waals surface area contributed by atoms with Crippen LogP contribution in [0.3, 0.4) is 0 Å². The molecule has 0 aliphatic heterocycles. The van der Waals surface area contributed by atoms with E-state index in [9.17, 15) is 9.90 Å². The normalized spacial score (nSPS) is 10.7. The lowest BCUT2D eigenvalue weighted by Crippen LogP contribution is -2.37. The number of aliphatic hydroxyl groups excluding tert-OH is 1. The first-order valence-electron chi connectivity index (χ1n) is 7.36. The number of anilines is 1. The largest absolute Gasteiger partial charge is 0.395 e. The van der Waals surface area contributed by atoms with Crippen molar-refractivity contribution in [1.82, 2.24) is 14.7 Å². The van der Waals surface area contributed by atoms with Gasteiger partial charge < -0.3 is 10.0 Å². The van der Waals surface area contributed by atoms with Crippen LogP contribution in [0.1, 0.15) is 25.5 Å². The van der Waals surface area contributed by atoms with Gasteiger partial charge in [-0.1, -0.05) is 30.3 Å². The fourth-order valence-electron chi connectivity index (χ4n) is 2.19. The number of aromatic nitrogens is 2. The van der Waals surface area contributed by atoms with E-state index in [-0.39, 0.29) is 25.2 Å². The topological polar surface area (TPSA) is 70.4 Å². The minimum Gasteiger partial charge on any atom is -0.395 e. The molecule has 0 atom stereocenters. The fourth-order valence-corrected chi connectivity index (χ4v) is 2.19. The van der Waals surface area contributed by atoms with Crippen molar-refractivity contribution in [2.45, 2.75) is 26.4 Å². The maximum atomic E-state index is 12.4. The average molecular weight is 302 g/mol. The van der Waals surface area contributed by atoms with E-state index in [1.165, 1.54) is 0 Å². The van der Waals surface area contributed by atoms with Gasteiger partial charge in [-0.2, -0.15) is 5.10 Å². The van der Waals surface area contributed by atoms with E-state index in [1.807, 2.05) is 44.2 Å². The first kappa shape index (κ1) is 16.0. The summed E-state index contributed by atoms with van der Waals surface area (Å²) in [4.78, 5) is 14.0. The van der Waals surface area contributed by atoms with Crippen molar-refractivity contribution in [3.05, 3.63) is 48.2 Å². The van der Waals surface area contributed by atoms with Crippen molar-refractivity contribution in [3.63, 3.8) is 0 Å². The van der Waals surface area contributed by atoms with Crippen LogP contribution < -0.4 is 5.32 Å². The maximum absolute atomic E-state index is 12.4. The van der Waals surface area contributed by atoms with Gasteiger partial charge in [0.05, 0.1) is 12.8 Å². The fraction of sp³-hybridized carbons (Fsp3) is 0.375. The van der Waals surface area contributed by atoms with Crippen molar-refractivity contribution < 1.29 is 9.90 Å². The third kappa shape index (κ3) is 4.08. The van der Waals surface area contributed by atoms with Crippen LogP contribution in [0.15, 0.2) is 42.6 Å².